The molecule has 30 heavy (non-hydrogen) atoms. The van der Waals surface area contributed by atoms with Crippen molar-refractivity contribution in [2.24, 2.45) is 0 Å². The lowest BCUT2D eigenvalue weighted by Gasteiger charge is -2.05. The third-order valence-electron chi connectivity index (χ3n) is 4.80. The molecule has 0 unspecified atom stereocenters. The van der Waals surface area contributed by atoms with Crippen molar-refractivity contribution >= 4 is 17.3 Å². The number of hydrogen-bond donors (Lipinski definition) is 2. The highest BCUT2D eigenvalue weighted by molar-refractivity contribution is 6.02. The molecule has 150 valence electrons. The summed E-state index contributed by atoms with van der Waals surface area (Å²) in [6, 6.07) is 23.0. The smallest absolute Gasteiger partial charge is 0.287 e. The Morgan fingerprint density at radius 1 is 0.833 bits per heavy atom. The molecule has 0 aliphatic heterocycles. The molecule has 2 N–H and O–H groups in total. The zero-order chi connectivity index (χ0) is 20.9. The van der Waals surface area contributed by atoms with Gasteiger partial charge in [0.1, 0.15) is 0 Å². The number of fused-ring (bicyclic) bond motifs is 1. The van der Waals surface area contributed by atoms with Crippen LogP contribution in [0.2, 0.25) is 0 Å². The number of hydrogen-bond acceptors (Lipinski definition) is 3. The maximum atomic E-state index is 12.8. The summed E-state index contributed by atoms with van der Waals surface area (Å²) in [5, 5.41) is 5.77. The second-order valence-corrected chi connectivity index (χ2v) is 7.08. The van der Waals surface area contributed by atoms with E-state index >= 15 is 0 Å². The van der Waals surface area contributed by atoms with Crippen molar-refractivity contribution in [3.8, 4) is 0 Å². The Morgan fingerprint density at radius 3 is 2.33 bits per heavy atom. The summed E-state index contributed by atoms with van der Waals surface area (Å²) in [6.45, 7) is 2.78. The lowest BCUT2D eigenvalue weighted by Crippen LogP contribution is -2.26. The Morgan fingerprint density at radius 2 is 1.53 bits per heavy atom. The predicted octanol–water partition coefficient (Wildman–Crippen LogP) is 3.50. The highest BCUT2D eigenvalue weighted by Crippen LogP contribution is 2.14. The molecule has 0 spiro atoms. The number of amides is 2. The Bertz CT molecular complexity index is 1200. The molecule has 4 rings (SSSR count). The SMILES string of the molecule is Cc1cccc(CNC(=O)c2nc(C(=O)NCc3ccccc3)n3ccccc23)c1. The van der Waals surface area contributed by atoms with Crippen LogP contribution >= 0.6 is 0 Å². The molecule has 2 amide bonds. The zero-order valence-corrected chi connectivity index (χ0v) is 16.6. The van der Waals surface area contributed by atoms with Gasteiger partial charge in [-0.3, -0.25) is 14.0 Å². The molecule has 2 heterocycles. The quantitative estimate of drug-likeness (QED) is 0.522. The van der Waals surface area contributed by atoms with Gasteiger partial charge in [-0.15, -0.1) is 0 Å². The van der Waals surface area contributed by atoms with Crippen LogP contribution in [0.25, 0.3) is 5.52 Å². The second-order valence-electron chi connectivity index (χ2n) is 7.08. The molecule has 6 heteroatoms. The van der Waals surface area contributed by atoms with Gasteiger partial charge in [0.25, 0.3) is 11.8 Å². The Hall–Kier alpha value is -3.93. The number of imidazole rings is 1. The fraction of sp³-hybridized carbons (Fsp3) is 0.125. The number of pyridine rings is 1. The summed E-state index contributed by atoms with van der Waals surface area (Å²) >= 11 is 0. The summed E-state index contributed by atoms with van der Waals surface area (Å²) < 4.78 is 1.64. The van der Waals surface area contributed by atoms with E-state index in [9.17, 15) is 9.59 Å². The fourth-order valence-electron chi connectivity index (χ4n) is 3.31. The molecule has 0 saturated carbocycles. The van der Waals surface area contributed by atoms with Crippen LogP contribution in [0.1, 0.15) is 37.8 Å². The highest BCUT2D eigenvalue weighted by Gasteiger charge is 2.21. The van der Waals surface area contributed by atoms with E-state index in [0.29, 0.717) is 18.6 Å². The summed E-state index contributed by atoms with van der Waals surface area (Å²) in [7, 11) is 0. The Kier molecular flexibility index (Phi) is 5.57. The molecular weight excluding hydrogens is 376 g/mol. The minimum absolute atomic E-state index is 0.183. The molecule has 0 aliphatic rings. The molecular formula is C24H22N4O2. The van der Waals surface area contributed by atoms with E-state index in [1.807, 2.05) is 67.6 Å². The summed E-state index contributed by atoms with van der Waals surface area (Å²) in [6.07, 6.45) is 1.73. The van der Waals surface area contributed by atoms with E-state index in [-0.39, 0.29) is 23.3 Å². The van der Waals surface area contributed by atoms with Crippen LogP contribution in [0.5, 0.6) is 0 Å². The molecule has 4 aromatic rings. The van der Waals surface area contributed by atoms with Crippen molar-refractivity contribution in [2.75, 3.05) is 0 Å². The lowest BCUT2D eigenvalue weighted by atomic mass is 10.1. The fourth-order valence-corrected chi connectivity index (χ4v) is 3.31. The molecule has 0 atom stereocenters. The number of rotatable bonds is 6. The third kappa shape index (κ3) is 4.22. The van der Waals surface area contributed by atoms with E-state index in [1.54, 1.807) is 22.7 Å². The molecule has 2 aromatic heterocycles. The average Bonchev–Trinajstić information content (AvgIpc) is 3.17. The molecule has 0 radical (unpaired) electrons. The molecule has 6 nitrogen and oxygen atoms in total. The lowest BCUT2D eigenvalue weighted by molar-refractivity contribution is 0.0939. The molecule has 2 aromatic carbocycles. The highest BCUT2D eigenvalue weighted by atomic mass is 16.2. The van der Waals surface area contributed by atoms with Gasteiger partial charge >= 0.3 is 0 Å². The van der Waals surface area contributed by atoms with Gasteiger partial charge in [0.05, 0.1) is 5.52 Å². The maximum Gasteiger partial charge on any atom is 0.287 e. The largest absolute Gasteiger partial charge is 0.347 e. The number of aryl methyl sites for hydroxylation is 1. The molecule has 0 aliphatic carbocycles. The van der Waals surface area contributed by atoms with E-state index in [1.165, 1.54) is 0 Å². The number of aromatic nitrogens is 2. The van der Waals surface area contributed by atoms with Crippen molar-refractivity contribution in [1.29, 1.82) is 0 Å². The van der Waals surface area contributed by atoms with Crippen LogP contribution < -0.4 is 10.6 Å². The molecule has 0 saturated heterocycles. The monoisotopic (exact) mass is 398 g/mol. The summed E-state index contributed by atoms with van der Waals surface area (Å²) in [5.41, 5.74) is 3.94. The normalized spacial score (nSPS) is 10.7. The van der Waals surface area contributed by atoms with Gasteiger partial charge < -0.3 is 10.6 Å². The first-order valence-corrected chi connectivity index (χ1v) is 9.75. The minimum atomic E-state index is -0.335. The van der Waals surface area contributed by atoms with Crippen molar-refractivity contribution in [2.45, 2.75) is 20.0 Å². The van der Waals surface area contributed by atoms with Gasteiger partial charge in [0.2, 0.25) is 5.82 Å². The van der Waals surface area contributed by atoms with Gasteiger partial charge in [0, 0.05) is 19.3 Å². The summed E-state index contributed by atoms with van der Waals surface area (Å²) in [4.78, 5) is 29.9. The van der Waals surface area contributed by atoms with E-state index in [0.717, 1.165) is 16.7 Å². The third-order valence-corrected chi connectivity index (χ3v) is 4.80. The van der Waals surface area contributed by atoms with E-state index < -0.39 is 0 Å². The van der Waals surface area contributed by atoms with Crippen LogP contribution in [-0.4, -0.2) is 21.2 Å². The van der Waals surface area contributed by atoms with Crippen LogP contribution in [0.15, 0.2) is 79.0 Å². The predicted molar refractivity (Wildman–Crippen MR) is 115 cm³/mol. The van der Waals surface area contributed by atoms with Crippen LogP contribution in [0.3, 0.4) is 0 Å². The minimum Gasteiger partial charge on any atom is -0.347 e. The Labute approximate surface area is 174 Å². The number of nitrogens with zero attached hydrogens (tertiary/aromatic N) is 2. The first-order chi connectivity index (χ1) is 14.6. The molecule has 0 bridgehead atoms. The Balaban J connectivity index is 1.54. The number of benzene rings is 2. The van der Waals surface area contributed by atoms with Gasteiger partial charge in [-0.05, 0) is 30.2 Å². The van der Waals surface area contributed by atoms with Gasteiger partial charge in [0.15, 0.2) is 5.69 Å². The number of carbonyl (C=O) groups excluding carboxylic acids is 2. The molecule has 0 fully saturated rings. The van der Waals surface area contributed by atoms with Crippen molar-refractivity contribution in [1.82, 2.24) is 20.0 Å². The van der Waals surface area contributed by atoms with Crippen molar-refractivity contribution < 1.29 is 9.59 Å². The van der Waals surface area contributed by atoms with Gasteiger partial charge in [-0.2, -0.15) is 0 Å². The average molecular weight is 398 g/mol. The number of carbonyl (C=O) groups is 2. The van der Waals surface area contributed by atoms with Crippen LogP contribution in [0.4, 0.5) is 0 Å². The summed E-state index contributed by atoms with van der Waals surface area (Å²) in [5.74, 6) is -0.470. The van der Waals surface area contributed by atoms with Crippen molar-refractivity contribution in [3.05, 3.63) is 107 Å². The van der Waals surface area contributed by atoms with Gasteiger partial charge in [-0.25, -0.2) is 4.98 Å². The first kappa shape index (κ1) is 19.4. The van der Waals surface area contributed by atoms with E-state index in [4.69, 9.17) is 0 Å². The van der Waals surface area contributed by atoms with Crippen molar-refractivity contribution in [3.63, 3.8) is 0 Å². The first-order valence-electron chi connectivity index (χ1n) is 9.75. The topological polar surface area (TPSA) is 75.5 Å². The number of nitrogens with one attached hydrogen (secondary N) is 2. The second kappa shape index (κ2) is 8.61. The standard InChI is InChI=1S/C24H22N4O2/c1-17-8-7-11-19(14-17)16-25-23(29)21-20-12-5-6-13-28(20)22(27-21)24(30)26-15-18-9-3-2-4-10-18/h2-14H,15-16H2,1H3,(H,25,29)(H,26,30). The maximum absolute atomic E-state index is 12.8. The zero-order valence-electron chi connectivity index (χ0n) is 16.6. The van der Waals surface area contributed by atoms with Crippen LogP contribution in [0, 0.1) is 6.92 Å². The van der Waals surface area contributed by atoms with Gasteiger partial charge in [-0.1, -0.05) is 66.2 Å². The van der Waals surface area contributed by atoms with E-state index in [2.05, 4.69) is 15.6 Å². The van der Waals surface area contributed by atoms with Crippen LogP contribution in [-0.2, 0) is 13.1 Å².